The summed E-state index contributed by atoms with van der Waals surface area (Å²) in [6.45, 7) is 8.14. The summed E-state index contributed by atoms with van der Waals surface area (Å²) >= 11 is 10.4. The van der Waals surface area contributed by atoms with Crippen molar-refractivity contribution in [3.63, 3.8) is 0 Å². The molecule has 2 amide bonds. The van der Waals surface area contributed by atoms with Crippen LogP contribution in [-0.2, 0) is 16.1 Å². The summed E-state index contributed by atoms with van der Waals surface area (Å²) in [6, 6.07) is 19.4. The van der Waals surface area contributed by atoms with E-state index in [0.717, 1.165) is 5.56 Å². The Morgan fingerprint density at radius 3 is 2.32 bits per heavy atom. The monoisotopic (exact) mass is 556 g/mol. The molecule has 0 aromatic heterocycles. The number of nitrogens with zero attached hydrogens (tertiary/aromatic N) is 2. The molecule has 202 valence electrons. The second-order valence-electron chi connectivity index (χ2n) is 7.76. The summed E-state index contributed by atoms with van der Waals surface area (Å²) in [5.74, 6) is -1.27. The molecule has 0 radical (unpaired) electrons. The van der Waals surface area contributed by atoms with E-state index < -0.39 is 24.0 Å². The number of benzodiazepines with no additional fused rings is 1. The predicted octanol–water partition coefficient (Wildman–Crippen LogP) is 5.62. The normalized spacial score (nSPS) is 14.9. The molecule has 9 heteroatoms. The SMILES string of the molecule is CC.CC.NC(CS)C(=O)NC1N=C(c2ccccc2)c2cc(Cl)ccc2N(Cc2ccc(F)cc2)C1=O. The molecule has 2 unspecified atom stereocenters. The first kappa shape index (κ1) is 31.0. The molecule has 1 heterocycles. The van der Waals surface area contributed by atoms with E-state index in [1.54, 1.807) is 30.3 Å². The number of amides is 2. The highest BCUT2D eigenvalue weighted by Gasteiger charge is 2.34. The lowest BCUT2D eigenvalue weighted by atomic mass is 10.00. The lowest BCUT2D eigenvalue weighted by Gasteiger charge is -2.26. The van der Waals surface area contributed by atoms with Crippen LogP contribution in [0.2, 0.25) is 5.02 Å². The Morgan fingerprint density at radius 2 is 1.71 bits per heavy atom. The quantitative estimate of drug-likeness (QED) is 0.345. The van der Waals surface area contributed by atoms with Gasteiger partial charge in [-0.05, 0) is 35.9 Å². The maximum Gasteiger partial charge on any atom is 0.272 e. The Labute approximate surface area is 234 Å². The lowest BCUT2D eigenvalue weighted by molar-refractivity contribution is -0.127. The molecule has 0 saturated heterocycles. The summed E-state index contributed by atoms with van der Waals surface area (Å²) < 4.78 is 13.5. The number of hydrogen-bond acceptors (Lipinski definition) is 5. The van der Waals surface area contributed by atoms with E-state index in [2.05, 4.69) is 22.9 Å². The van der Waals surface area contributed by atoms with Gasteiger partial charge in [-0.15, -0.1) is 0 Å². The van der Waals surface area contributed by atoms with Gasteiger partial charge in [-0.3, -0.25) is 9.59 Å². The highest BCUT2D eigenvalue weighted by Crippen LogP contribution is 2.32. The number of nitrogens with one attached hydrogen (secondary N) is 1. The van der Waals surface area contributed by atoms with E-state index in [1.807, 2.05) is 58.0 Å². The van der Waals surface area contributed by atoms with Crippen LogP contribution in [0.15, 0.2) is 77.8 Å². The van der Waals surface area contributed by atoms with Gasteiger partial charge in [0.1, 0.15) is 5.82 Å². The fourth-order valence-electron chi connectivity index (χ4n) is 3.63. The molecule has 3 aromatic carbocycles. The Hall–Kier alpha value is -3.20. The summed E-state index contributed by atoms with van der Waals surface area (Å²) in [6.07, 6.45) is -1.24. The molecule has 6 nitrogen and oxygen atoms in total. The average Bonchev–Trinajstić information content (AvgIpc) is 3.06. The minimum atomic E-state index is -1.24. The summed E-state index contributed by atoms with van der Waals surface area (Å²) in [7, 11) is 0. The fraction of sp³-hybridized carbons (Fsp3) is 0.276. The van der Waals surface area contributed by atoms with Gasteiger partial charge in [0.05, 0.1) is 24.0 Å². The van der Waals surface area contributed by atoms with Crippen LogP contribution in [-0.4, -0.2) is 35.5 Å². The van der Waals surface area contributed by atoms with E-state index in [-0.39, 0.29) is 18.1 Å². The highest BCUT2D eigenvalue weighted by molar-refractivity contribution is 7.80. The third kappa shape index (κ3) is 7.66. The molecule has 4 rings (SSSR count). The van der Waals surface area contributed by atoms with Gasteiger partial charge in [-0.2, -0.15) is 12.6 Å². The van der Waals surface area contributed by atoms with Crippen LogP contribution in [0.4, 0.5) is 10.1 Å². The van der Waals surface area contributed by atoms with Crippen molar-refractivity contribution in [3.8, 4) is 0 Å². The van der Waals surface area contributed by atoms with Crippen LogP contribution in [0, 0.1) is 5.82 Å². The zero-order valence-corrected chi connectivity index (χ0v) is 23.6. The molecule has 3 N–H and O–H groups in total. The smallest absolute Gasteiger partial charge is 0.272 e. The standard InChI is InChI=1S/C25H22ClFN4O2S.2C2H6/c26-17-8-11-21-19(12-17)22(16-4-2-1-3-5-16)29-23(30-24(32)20(28)14-34)25(33)31(21)13-15-6-9-18(27)10-7-15;2*1-2/h1-12,20,23,34H,13-14,28H2,(H,30,32);2*1-2H3. The number of anilines is 1. The zero-order valence-electron chi connectivity index (χ0n) is 22.0. The third-order valence-electron chi connectivity index (χ3n) is 5.38. The number of carbonyl (C=O) groups is 2. The first-order chi connectivity index (χ1) is 18.4. The number of thiol groups is 1. The molecule has 0 spiro atoms. The lowest BCUT2D eigenvalue weighted by Crippen LogP contribution is -2.52. The predicted molar refractivity (Wildman–Crippen MR) is 158 cm³/mol. The van der Waals surface area contributed by atoms with E-state index in [4.69, 9.17) is 17.3 Å². The molecule has 0 fully saturated rings. The van der Waals surface area contributed by atoms with E-state index in [0.29, 0.717) is 27.5 Å². The molecular weight excluding hydrogens is 523 g/mol. The Bertz CT molecular complexity index is 1240. The van der Waals surface area contributed by atoms with E-state index >= 15 is 0 Å². The number of carbonyl (C=O) groups excluding carboxylic acids is 2. The van der Waals surface area contributed by atoms with Gasteiger partial charge >= 0.3 is 0 Å². The van der Waals surface area contributed by atoms with Gasteiger partial charge in [0.15, 0.2) is 0 Å². The van der Waals surface area contributed by atoms with Crippen molar-refractivity contribution in [1.29, 1.82) is 0 Å². The topological polar surface area (TPSA) is 87.8 Å². The number of rotatable bonds is 6. The second kappa shape index (κ2) is 15.3. The molecule has 3 aromatic rings. The molecule has 1 aliphatic rings. The fourth-order valence-corrected chi connectivity index (χ4v) is 3.97. The van der Waals surface area contributed by atoms with Crippen LogP contribution in [0.1, 0.15) is 44.4 Å². The van der Waals surface area contributed by atoms with Gasteiger partial charge in [-0.25, -0.2) is 9.38 Å². The maximum atomic E-state index is 13.7. The number of benzene rings is 3. The van der Waals surface area contributed by atoms with Crippen LogP contribution in [0.25, 0.3) is 0 Å². The molecule has 38 heavy (non-hydrogen) atoms. The summed E-state index contributed by atoms with van der Waals surface area (Å²) in [5, 5.41) is 3.12. The molecule has 2 atom stereocenters. The van der Waals surface area contributed by atoms with Gasteiger partial charge in [0.25, 0.3) is 5.91 Å². The Morgan fingerprint density at radius 1 is 1.08 bits per heavy atom. The molecule has 1 aliphatic heterocycles. The molecule has 0 aliphatic carbocycles. The third-order valence-corrected chi connectivity index (χ3v) is 6.00. The first-order valence-corrected chi connectivity index (χ1v) is 13.5. The van der Waals surface area contributed by atoms with Crippen LogP contribution < -0.4 is 16.0 Å². The van der Waals surface area contributed by atoms with Crippen molar-refractivity contribution < 1.29 is 14.0 Å². The van der Waals surface area contributed by atoms with Crippen LogP contribution in [0.5, 0.6) is 0 Å². The zero-order chi connectivity index (χ0) is 28.2. The minimum Gasteiger partial charge on any atom is -0.325 e. The first-order valence-electron chi connectivity index (χ1n) is 12.5. The highest BCUT2D eigenvalue weighted by atomic mass is 35.5. The number of fused-ring (bicyclic) bond motifs is 1. The largest absolute Gasteiger partial charge is 0.325 e. The number of hydrogen-bond donors (Lipinski definition) is 3. The Balaban J connectivity index is 0.00000121. The molecular formula is C29H34ClFN4O2S. The maximum absolute atomic E-state index is 13.7. The minimum absolute atomic E-state index is 0.108. The molecule has 0 saturated carbocycles. The van der Waals surface area contributed by atoms with Crippen molar-refractivity contribution in [1.82, 2.24) is 5.32 Å². The summed E-state index contributed by atoms with van der Waals surface area (Å²) in [4.78, 5) is 32.5. The van der Waals surface area contributed by atoms with Gasteiger partial charge in [0.2, 0.25) is 12.1 Å². The van der Waals surface area contributed by atoms with Gasteiger partial charge < -0.3 is 16.0 Å². The second-order valence-corrected chi connectivity index (χ2v) is 8.56. The van der Waals surface area contributed by atoms with Crippen molar-refractivity contribution in [3.05, 3.63) is 100 Å². The van der Waals surface area contributed by atoms with Gasteiger partial charge in [0, 0.05) is 21.9 Å². The Kier molecular flexibility index (Phi) is 12.5. The number of halogens is 2. The average molecular weight is 557 g/mol. The van der Waals surface area contributed by atoms with Crippen LogP contribution in [0.3, 0.4) is 0 Å². The van der Waals surface area contributed by atoms with Crippen molar-refractivity contribution in [2.24, 2.45) is 10.7 Å². The van der Waals surface area contributed by atoms with E-state index in [9.17, 15) is 14.0 Å². The summed E-state index contributed by atoms with van der Waals surface area (Å²) in [5.41, 5.74) is 8.97. The number of nitrogens with two attached hydrogens (primary N) is 1. The number of aliphatic imine (C=N–C) groups is 1. The van der Waals surface area contributed by atoms with Crippen molar-refractivity contribution >= 4 is 47.4 Å². The molecule has 0 bridgehead atoms. The van der Waals surface area contributed by atoms with Crippen molar-refractivity contribution in [2.45, 2.75) is 46.4 Å². The van der Waals surface area contributed by atoms with Crippen LogP contribution >= 0.6 is 24.2 Å². The van der Waals surface area contributed by atoms with Crippen molar-refractivity contribution in [2.75, 3.05) is 10.7 Å². The van der Waals surface area contributed by atoms with Gasteiger partial charge in [-0.1, -0.05) is 81.8 Å². The van der Waals surface area contributed by atoms with E-state index in [1.165, 1.54) is 17.0 Å².